The summed E-state index contributed by atoms with van der Waals surface area (Å²) in [6.07, 6.45) is 2.97. The summed E-state index contributed by atoms with van der Waals surface area (Å²) in [6, 6.07) is 0. The predicted octanol–water partition coefficient (Wildman–Crippen LogP) is 0.692. The lowest BCUT2D eigenvalue weighted by Crippen LogP contribution is -2.45. The molecule has 0 aromatic carbocycles. The maximum atomic E-state index is 11.3. The molecule has 0 aromatic heterocycles. The van der Waals surface area contributed by atoms with E-state index >= 15 is 0 Å². The molecule has 0 bridgehead atoms. The van der Waals surface area contributed by atoms with Crippen molar-refractivity contribution < 1.29 is 9.53 Å². The van der Waals surface area contributed by atoms with Crippen molar-refractivity contribution in [2.45, 2.75) is 31.7 Å². The van der Waals surface area contributed by atoms with E-state index in [0.717, 1.165) is 32.5 Å². The molecule has 2 saturated heterocycles. The standard InChI is InChI=1S/C9H15NO2/c1-7-6-9(10-8(7)11)2-4-12-5-3-9/h7H,2-6H2,1H3,(H,10,11). The van der Waals surface area contributed by atoms with Gasteiger partial charge in [-0.15, -0.1) is 0 Å². The Kier molecular flexibility index (Phi) is 1.83. The highest BCUT2D eigenvalue weighted by Crippen LogP contribution is 2.33. The molecular weight excluding hydrogens is 154 g/mol. The highest BCUT2D eigenvalue weighted by Gasteiger charge is 2.42. The summed E-state index contributed by atoms with van der Waals surface area (Å²) < 4.78 is 5.28. The Hall–Kier alpha value is -0.570. The van der Waals surface area contributed by atoms with Gasteiger partial charge in [-0.05, 0) is 19.3 Å². The van der Waals surface area contributed by atoms with Crippen LogP contribution in [0.4, 0.5) is 0 Å². The van der Waals surface area contributed by atoms with E-state index in [1.807, 2.05) is 6.92 Å². The zero-order chi connectivity index (χ0) is 8.60. The van der Waals surface area contributed by atoms with Crippen molar-refractivity contribution in [3.05, 3.63) is 0 Å². The van der Waals surface area contributed by atoms with Crippen LogP contribution in [0.5, 0.6) is 0 Å². The highest BCUT2D eigenvalue weighted by molar-refractivity contribution is 5.81. The van der Waals surface area contributed by atoms with Gasteiger partial charge in [0, 0.05) is 24.7 Å². The molecule has 3 nitrogen and oxygen atoms in total. The third-order valence-corrected chi connectivity index (χ3v) is 2.98. The van der Waals surface area contributed by atoms with Crippen LogP contribution in [0.2, 0.25) is 0 Å². The molecule has 12 heavy (non-hydrogen) atoms. The first kappa shape index (κ1) is 8.05. The minimum absolute atomic E-state index is 0.0920. The monoisotopic (exact) mass is 169 g/mol. The first-order valence-electron chi connectivity index (χ1n) is 4.62. The molecule has 0 radical (unpaired) electrons. The number of hydrogen-bond donors (Lipinski definition) is 1. The molecule has 2 fully saturated rings. The van der Waals surface area contributed by atoms with Crippen LogP contribution in [0.1, 0.15) is 26.2 Å². The molecule has 2 rings (SSSR count). The van der Waals surface area contributed by atoms with Gasteiger partial charge < -0.3 is 10.1 Å². The van der Waals surface area contributed by atoms with Gasteiger partial charge in [0.15, 0.2) is 0 Å². The second kappa shape index (κ2) is 2.73. The van der Waals surface area contributed by atoms with Crippen LogP contribution in [-0.2, 0) is 9.53 Å². The quantitative estimate of drug-likeness (QED) is 0.579. The van der Waals surface area contributed by atoms with Gasteiger partial charge in [0.1, 0.15) is 0 Å². The predicted molar refractivity (Wildman–Crippen MR) is 44.7 cm³/mol. The number of nitrogens with one attached hydrogen (secondary N) is 1. The summed E-state index contributed by atoms with van der Waals surface area (Å²) >= 11 is 0. The smallest absolute Gasteiger partial charge is 0.223 e. The third-order valence-electron chi connectivity index (χ3n) is 2.98. The molecule has 1 atom stereocenters. The fourth-order valence-electron chi connectivity index (χ4n) is 2.21. The summed E-state index contributed by atoms with van der Waals surface area (Å²) in [4.78, 5) is 11.3. The van der Waals surface area contributed by atoms with Gasteiger partial charge in [0.2, 0.25) is 5.91 Å². The maximum absolute atomic E-state index is 11.3. The minimum atomic E-state index is 0.0920. The van der Waals surface area contributed by atoms with Crippen LogP contribution < -0.4 is 5.32 Å². The second-order valence-electron chi connectivity index (χ2n) is 3.99. The van der Waals surface area contributed by atoms with Gasteiger partial charge in [-0.2, -0.15) is 0 Å². The molecule has 0 aliphatic carbocycles. The van der Waals surface area contributed by atoms with Crippen LogP contribution in [0.15, 0.2) is 0 Å². The highest BCUT2D eigenvalue weighted by atomic mass is 16.5. The van der Waals surface area contributed by atoms with Gasteiger partial charge in [-0.3, -0.25) is 4.79 Å². The van der Waals surface area contributed by atoms with Crippen LogP contribution in [-0.4, -0.2) is 24.7 Å². The van der Waals surface area contributed by atoms with E-state index in [9.17, 15) is 4.79 Å². The molecular formula is C9H15NO2. The topological polar surface area (TPSA) is 38.3 Å². The molecule has 1 unspecified atom stereocenters. The molecule has 0 aromatic rings. The summed E-state index contributed by atoms with van der Waals surface area (Å²) in [5, 5.41) is 3.10. The van der Waals surface area contributed by atoms with Gasteiger partial charge in [-0.1, -0.05) is 6.92 Å². The van der Waals surface area contributed by atoms with Gasteiger partial charge in [-0.25, -0.2) is 0 Å². The van der Waals surface area contributed by atoms with Crippen molar-refractivity contribution >= 4 is 5.91 Å². The van der Waals surface area contributed by atoms with Crippen LogP contribution in [0.25, 0.3) is 0 Å². The van der Waals surface area contributed by atoms with Crippen LogP contribution >= 0.6 is 0 Å². The molecule has 2 aliphatic heterocycles. The third kappa shape index (κ3) is 1.22. The van der Waals surface area contributed by atoms with Crippen LogP contribution in [0, 0.1) is 5.92 Å². The van der Waals surface area contributed by atoms with E-state index in [1.165, 1.54) is 0 Å². The van der Waals surface area contributed by atoms with Gasteiger partial charge >= 0.3 is 0 Å². The summed E-state index contributed by atoms with van der Waals surface area (Å²) in [7, 11) is 0. The molecule has 1 spiro atoms. The van der Waals surface area contributed by atoms with E-state index in [2.05, 4.69) is 5.32 Å². The molecule has 68 valence electrons. The first-order valence-corrected chi connectivity index (χ1v) is 4.62. The Labute approximate surface area is 72.5 Å². The molecule has 0 saturated carbocycles. The molecule has 2 aliphatic rings. The zero-order valence-electron chi connectivity index (χ0n) is 7.43. The van der Waals surface area contributed by atoms with Crippen LogP contribution in [0.3, 0.4) is 0 Å². The summed E-state index contributed by atoms with van der Waals surface area (Å²) in [5.74, 6) is 0.417. The van der Waals surface area contributed by atoms with Crippen molar-refractivity contribution in [1.82, 2.24) is 5.32 Å². The lowest BCUT2D eigenvalue weighted by Gasteiger charge is -2.33. The molecule has 2 heterocycles. The fraction of sp³-hybridized carbons (Fsp3) is 0.889. The lowest BCUT2D eigenvalue weighted by molar-refractivity contribution is -0.122. The Morgan fingerprint density at radius 1 is 1.50 bits per heavy atom. The largest absolute Gasteiger partial charge is 0.381 e. The number of carbonyl (C=O) groups excluding carboxylic acids is 1. The Balaban J connectivity index is 2.07. The van der Waals surface area contributed by atoms with Crippen molar-refractivity contribution in [2.75, 3.05) is 13.2 Å². The van der Waals surface area contributed by atoms with Crippen molar-refractivity contribution in [3.63, 3.8) is 0 Å². The van der Waals surface area contributed by atoms with E-state index in [4.69, 9.17) is 4.74 Å². The average molecular weight is 169 g/mol. The lowest BCUT2D eigenvalue weighted by atomic mass is 9.86. The van der Waals surface area contributed by atoms with E-state index < -0.39 is 0 Å². The number of ether oxygens (including phenoxy) is 1. The van der Waals surface area contributed by atoms with Crippen molar-refractivity contribution in [2.24, 2.45) is 5.92 Å². The summed E-state index contributed by atoms with van der Waals surface area (Å²) in [5.41, 5.74) is 0.0920. The number of rotatable bonds is 0. The van der Waals surface area contributed by atoms with E-state index in [-0.39, 0.29) is 17.4 Å². The zero-order valence-corrected chi connectivity index (χ0v) is 7.43. The average Bonchev–Trinajstić information content (AvgIpc) is 2.29. The first-order chi connectivity index (χ1) is 5.72. The van der Waals surface area contributed by atoms with Gasteiger partial charge in [0.05, 0.1) is 0 Å². The molecule has 1 N–H and O–H groups in total. The Bertz CT molecular complexity index is 197. The fourth-order valence-corrected chi connectivity index (χ4v) is 2.21. The van der Waals surface area contributed by atoms with E-state index in [1.54, 1.807) is 0 Å². The summed E-state index contributed by atoms with van der Waals surface area (Å²) in [6.45, 7) is 3.60. The number of amides is 1. The molecule has 1 amide bonds. The maximum Gasteiger partial charge on any atom is 0.223 e. The van der Waals surface area contributed by atoms with Crippen molar-refractivity contribution in [1.29, 1.82) is 0 Å². The SMILES string of the molecule is CC1CC2(CCOCC2)NC1=O. The Morgan fingerprint density at radius 3 is 2.67 bits per heavy atom. The second-order valence-corrected chi connectivity index (χ2v) is 3.99. The number of hydrogen-bond acceptors (Lipinski definition) is 2. The minimum Gasteiger partial charge on any atom is -0.381 e. The normalized spacial score (nSPS) is 33.8. The van der Waals surface area contributed by atoms with E-state index in [0.29, 0.717) is 0 Å². The number of carbonyl (C=O) groups is 1. The Morgan fingerprint density at radius 2 is 2.17 bits per heavy atom. The van der Waals surface area contributed by atoms with Gasteiger partial charge in [0.25, 0.3) is 0 Å². The van der Waals surface area contributed by atoms with Crippen molar-refractivity contribution in [3.8, 4) is 0 Å². The molecule has 3 heteroatoms.